The summed E-state index contributed by atoms with van der Waals surface area (Å²) in [6.45, 7) is 6.88. The minimum atomic E-state index is 0.550. The van der Waals surface area contributed by atoms with Gasteiger partial charge in [0, 0.05) is 25.5 Å². The van der Waals surface area contributed by atoms with Gasteiger partial charge in [-0.25, -0.2) is 0 Å². The molecule has 1 heterocycles. The highest BCUT2D eigenvalue weighted by atomic mass is 15.4. The van der Waals surface area contributed by atoms with Crippen molar-refractivity contribution in [3.05, 3.63) is 48.3 Å². The van der Waals surface area contributed by atoms with Gasteiger partial charge in [-0.15, -0.1) is 0 Å². The van der Waals surface area contributed by atoms with Crippen molar-refractivity contribution >= 4 is 0 Å². The van der Waals surface area contributed by atoms with E-state index in [1.807, 2.05) is 0 Å². The van der Waals surface area contributed by atoms with Crippen LogP contribution in [0.5, 0.6) is 0 Å². The minimum Gasteiger partial charge on any atom is -0.356 e. The van der Waals surface area contributed by atoms with Gasteiger partial charge in [-0.2, -0.15) is 0 Å². The maximum absolute atomic E-state index is 2.68. The van der Waals surface area contributed by atoms with Crippen LogP contribution in [-0.4, -0.2) is 22.5 Å². The third-order valence-electron chi connectivity index (χ3n) is 10.5. The molecule has 2 heteroatoms. The summed E-state index contributed by atoms with van der Waals surface area (Å²) in [5, 5.41) is 0. The van der Waals surface area contributed by atoms with E-state index < -0.39 is 0 Å². The molecule has 0 saturated heterocycles. The molecule has 1 unspecified atom stereocenters. The van der Waals surface area contributed by atoms with Gasteiger partial charge in [0.2, 0.25) is 0 Å². The summed E-state index contributed by atoms with van der Waals surface area (Å²) in [4.78, 5) is 5.29. The molecule has 0 bridgehead atoms. The van der Waals surface area contributed by atoms with Crippen LogP contribution in [-0.2, 0) is 6.54 Å². The Balaban J connectivity index is 1.51. The number of benzene rings is 1. The summed E-state index contributed by atoms with van der Waals surface area (Å²) in [7, 11) is 0. The Bertz CT molecular complexity index is 773. The fraction of sp³-hybridized carbons (Fsp3) is 0.818. The maximum Gasteiger partial charge on any atom is 0.101 e. The van der Waals surface area contributed by atoms with Crippen LogP contribution in [0.2, 0.25) is 0 Å². The fourth-order valence-corrected chi connectivity index (χ4v) is 7.43. The summed E-state index contributed by atoms with van der Waals surface area (Å²) in [6, 6.07) is 11.1. The molecule has 0 saturated carbocycles. The highest BCUT2D eigenvalue weighted by Gasteiger charge is 2.25. The average molecular weight is 637 g/mol. The van der Waals surface area contributed by atoms with Crippen LogP contribution < -0.4 is 0 Å². The molecule has 2 nitrogen and oxygen atoms in total. The minimum absolute atomic E-state index is 0.550. The van der Waals surface area contributed by atoms with E-state index in [1.54, 1.807) is 0 Å². The fourth-order valence-electron chi connectivity index (χ4n) is 7.43. The molecule has 1 aromatic rings. The molecule has 0 N–H and O–H groups in total. The normalized spacial score (nSPS) is 14.6. The van der Waals surface area contributed by atoms with Gasteiger partial charge in [0.05, 0.1) is 0 Å². The molecule has 0 amide bonds. The third kappa shape index (κ3) is 22.2. The zero-order valence-corrected chi connectivity index (χ0v) is 31.3. The van der Waals surface area contributed by atoms with Crippen LogP contribution in [0.1, 0.15) is 218 Å². The third-order valence-corrected chi connectivity index (χ3v) is 10.5. The molecule has 1 atom stereocenters. The zero-order valence-electron chi connectivity index (χ0n) is 31.3. The molecule has 0 radical (unpaired) electrons. The van der Waals surface area contributed by atoms with Gasteiger partial charge in [-0.3, -0.25) is 0 Å². The molecule has 1 aliphatic rings. The Morgan fingerprint density at radius 1 is 0.391 bits per heavy atom. The van der Waals surface area contributed by atoms with Crippen molar-refractivity contribution in [2.45, 2.75) is 226 Å². The molecular weight excluding hydrogens is 556 g/mol. The van der Waals surface area contributed by atoms with Gasteiger partial charge in [-0.05, 0) is 24.8 Å². The van der Waals surface area contributed by atoms with E-state index in [4.69, 9.17) is 0 Å². The van der Waals surface area contributed by atoms with Crippen LogP contribution >= 0.6 is 0 Å². The maximum atomic E-state index is 2.68. The lowest BCUT2D eigenvalue weighted by Gasteiger charge is -2.33. The standard InChI is InChI=1S/C44H80N2/c1-3-5-7-9-11-13-15-17-19-20-22-24-26-28-30-35-39-45-40-41-46(42-43-36-32-31-33-37-43)44(45)38-34-29-27-25-23-21-18-16-14-12-10-8-6-4-2/h31-33,36-37,40-41,44H,3-30,34-35,38-39,42H2,1-2H3. The largest absolute Gasteiger partial charge is 0.356 e. The van der Waals surface area contributed by atoms with Crippen LogP contribution in [0.15, 0.2) is 42.7 Å². The Kier molecular flexibility index (Phi) is 27.3. The summed E-state index contributed by atoms with van der Waals surface area (Å²) >= 11 is 0. The molecule has 1 aliphatic heterocycles. The van der Waals surface area contributed by atoms with Crippen molar-refractivity contribution in [1.82, 2.24) is 9.80 Å². The first-order chi connectivity index (χ1) is 22.8. The lowest BCUT2D eigenvalue weighted by Crippen LogP contribution is -2.38. The van der Waals surface area contributed by atoms with Crippen molar-refractivity contribution in [3.63, 3.8) is 0 Å². The van der Waals surface area contributed by atoms with E-state index in [2.05, 4.69) is 66.4 Å². The Morgan fingerprint density at radius 2 is 0.739 bits per heavy atom. The second-order valence-electron chi connectivity index (χ2n) is 14.9. The first kappa shape index (κ1) is 40.7. The Labute approximate surface area is 289 Å². The van der Waals surface area contributed by atoms with E-state index in [0.717, 1.165) is 6.54 Å². The van der Waals surface area contributed by atoms with Crippen LogP contribution in [0.3, 0.4) is 0 Å². The van der Waals surface area contributed by atoms with Gasteiger partial charge in [0.25, 0.3) is 0 Å². The molecule has 266 valence electrons. The average Bonchev–Trinajstić information content (AvgIpc) is 3.45. The van der Waals surface area contributed by atoms with Crippen molar-refractivity contribution in [3.8, 4) is 0 Å². The second kappa shape index (κ2) is 30.9. The zero-order chi connectivity index (χ0) is 32.6. The molecule has 46 heavy (non-hydrogen) atoms. The number of hydrogen-bond acceptors (Lipinski definition) is 2. The molecule has 0 spiro atoms. The highest BCUT2D eigenvalue weighted by molar-refractivity contribution is 5.16. The summed E-state index contributed by atoms with van der Waals surface area (Å²) in [5.74, 6) is 0. The van der Waals surface area contributed by atoms with E-state index in [-0.39, 0.29) is 0 Å². The quantitative estimate of drug-likeness (QED) is 0.0694. The molecule has 1 aromatic carbocycles. The Morgan fingerprint density at radius 3 is 1.15 bits per heavy atom. The topological polar surface area (TPSA) is 6.48 Å². The monoisotopic (exact) mass is 637 g/mol. The van der Waals surface area contributed by atoms with Crippen molar-refractivity contribution in [1.29, 1.82) is 0 Å². The van der Waals surface area contributed by atoms with Gasteiger partial charge >= 0.3 is 0 Å². The second-order valence-corrected chi connectivity index (χ2v) is 14.9. The van der Waals surface area contributed by atoms with E-state index >= 15 is 0 Å². The molecule has 2 rings (SSSR count). The first-order valence-electron chi connectivity index (χ1n) is 21.1. The van der Waals surface area contributed by atoms with E-state index in [0.29, 0.717) is 6.17 Å². The van der Waals surface area contributed by atoms with Crippen molar-refractivity contribution in [2.24, 2.45) is 0 Å². The predicted molar refractivity (Wildman–Crippen MR) is 206 cm³/mol. The highest BCUT2D eigenvalue weighted by Crippen LogP contribution is 2.25. The SMILES string of the molecule is CCCCCCCCCCCCCCCCCCN1C=CN(Cc2ccccc2)C1CCCCCCCCCCCCCCCC. The van der Waals surface area contributed by atoms with Crippen LogP contribution in [0, 0.1) is 0 Å². The summed E-state index contributed by atoms with van der Waals surface area (Å²) in [5.41, 5.74) is 1.43. The van der Waals surface area contributed by atoms with Gasteiger partial charge in [0.1, 0.15) is 6.17 Å². The van der Waals surface area contributed by atoms with Crippen molar-refractivity contribution in [2.75, 3.05) is 6.54 Å². The van der Waals surface area contributed by atoms with E-state index in [9.17, 15) is 0 Å². The van der Waals surface area contributed by atoms with Gasteiger partial charge in [-0.1, -0.05) is 224 Å². The summed E-state index contributed by atoms with van der Waals surface area (Å²) < 4.78 is 0. The first-order valence-corrected chi connectivity index (χ1v) is 21.1. The molecule has 0 aromatic heterocycles. The number of nitrogens with zero attached hydrogens (tertiary/aromatic N) is 2. The Hall–Kier alpha value is -1.44. The van der Waals surface area contributed by atoms with E-state index in [1.165, 1.54) is 211 Å². The molecule has 0 aliphatic carbocycles. The number of rotatable bonds is 34. The molecular formula is C44H80N2. The van der Waals surface area contributed by atoms with Gasteiger partial charge in [0.15, 0.2) is 0 Å². The molecule has 0 fully saturated rings. The van der Waals surface area contributed by atoms with Crippen LogP contribution in [0.25, 0.3) is 0 Å². The van der Waals surface area contributed by atoms with Crippen LogP contribution in [0.4, 0.5) is 0 Å². The lowest BCUT2D eigenvalue weighted by molar-refractivity contribution is 0.132. The number of hydrogen-bond donors (Lipinski definition) is 0. The lowest BCUT2D eigenvalue weighted by atomic mass is 10.0. The summed E-state index contributed by atoms with van der Waals surface area (Å²) in [6.07, 6.45) is 49.8. The predicted octanol–water partition coefficient (Wildman–Crippen LogP) is 14.7. The number of unbranched alkanes of at least 4 members (excludes halogenated alkanes) is 28. The van der Waals surface area contributed by atoms with Gasteiger partial charge < -0.3 is 9.80 Å². The smallest absolute Gasteiger partial charge is 0.101 e. The van der Waals surface area contributed by atoms with Crippen molar-refractivity contribution < 1.29 is 0 Å².